The van der Waals surface area contributed by atoms with Gasteiger partial charge in [0, 0.05) is 19.1 Å². The average molecular weight is 456 g/mol. The Morgan fingerprint density at radius 1 is 1.16 bits per heavy atom. The molecule has 1 atom stereocenters. The molecule has 3 aromatic rings. The number of nitrogens with one attached hydrogen (secondary N) is 1. The van der Waals surface area contributed by atoms with Gasteiger partial charge in [-0.1, -0.05) is 36.4 Å². The third-order valence-electron chi connectivity index (χ3n) is 5.94. The fourth-order valence-electron chi connectivity index (χ4n) is 4.09. The molecule has 32 heavy (non-hydrogen) atoms. The summed E-state index contributed by atoms with van der Waals surface area (Å²) in [6.07, 6.45) is 2.11. The van der Waals surface area contributed by atoms with Crippen molar-refractivity contribution in [3.05, 3.63) is 53.6 Å². The molecule has 4 rings (SSSR count). The van der Waals surface area contributed by atoms with Crippen LogP contribution in [-0.4, -0.2) is 46.2 Å². The molecular weight excluding hydrogens is 426 g/mol. The molecule has 1 aliphatic rings. The molecule has 1 fully saturated rings. The summed E-state index contributed by atoms with van der Waals surface area (Å²) in [7, 11) is -3.83. The number of amides is 1. The van der Waals surface area contributed by atoms with Gasteiger partial charge in [0.25, 0.3) is 0 Å². The Bertz CT molecular complexity index is 1220. The summed E-state index contributed by atoms with van der Waals surface area (Å²) in [5, 5.41) is 11.1. The minimum Gasteiger partial charge on any atom is -0.351 e. The van der Waals surface area contributed by atoms with E-state index in [1.54, 1.807) is 22.9 Å². The van der Waals surface area contributed by atoms with Crippen LogP contribution in [0.1, 0.15) is 50.8 Å². The highest BCUT2D eigenvalue weighted by Crippen LogP contribution is 2.28. The molecule has 1 aliphatic heterocycles. The number of aromatic nitrogens is 3. The lowest BCUT2D eigenvalue weighted by atomic mass is 10.1. The van der Waals surface area contributed by atoms with E-state index in [0.717, 1.165) is 17.5 Å². The molecule has 0 bridgehead atoms. The van der Waals surface area contributed by atoms with Crippen LogP contribution in [-0.2, 0) is 27.8 Å². The van der Waals surface area contributed by atoms with Crippen molar-refractivity contribution < 1.29 is 13.2 Å². The van der Waals surface area contributed by atoms with Crippen molar-refractivity contribution in [1.29, 1.82) is 0 Å². The van der Waals surface area contributed by atoms with Crippen molar-refractivity contribution in [2.24, 2.45) is 0 Å². The molecule has 1 unspecified atom stereocenters. The second-order valence-electron chi connectivity index (χ2n) is 8.44. The van der Waals surface area contributed by atoms with Crippen LogP contribution < -0.4 is 5.32 Å². The standard InChI is InChI=1S/C23H29N5O3S/c1-4-17-7-9-18(10-8-17)15-24-23(29)22-6-5-13-27(22)32(30,31)19-11-12-21-20(14-19)25-26-28(21)16(2)3/h7-12,14,16,22H,4-6,13,15H2,1-3H3,(H,24,29). The van der Waals surface area contributed by atoms with Gasteiger partial charge in [-0.3, -0.25) is 4.79 Å². The van der Waals surface area contributed by atoms with E-state index in [-0.39, 0.29) is 16.8 Å². The average Bonchev–Trinajstić information content (AvgIpc) is 3.45. The lowest BCUT2D eigenvalue weighted by Gasteiger charge is -2.23. The Hall–Kier alpha value is -2.78. The van der Waals surface area contributed by atoms with Crippen LogP contribution in [0.3, 0.4) is 0 Å². The summed E-state index contributed by atoms with van der Waals surface area (Å²) in [5.74, 6) is -0.266. The monoisotopic (exact) mass is 455 g/mol. The fourth-order valence-corrected chi connectivity index (χ4v) is 5.77. The minimum atomic E-state index is -3.83. The van der Waals surface area contributed by atoms with Gasteiger partial charge >= 0.3 is 0 Å². The fraction of sp³-hybridized carbons (Fsp3) is 0.435. The summed E-state index contributed by atoms with van der Waals surface area (Å²) in [4.78, 5) is 13.0. The summed E-state index contributed by atoms with van der Waals surface area (Å²) < 4.78 is 29.8. The first-order valence-corrected chi connectivity index (χ1v) is 12.5. The summed E-state index contributed by atoms with van der Waals surface area (Å²) in [5.41, 5.74) is 3.53. The number of fused-ring (bicyclic) bond motifs is 1. The zero-order valence-corrected chi connectivity index (χ0v) is 19.5. The minimum absolute atomic E-state index is 0.118. The summed E-state index contributed by atoms with van der Waals surface area (Å²) >= 11 is 0. The van der Waals surface area contributed by atoms with E-state index in [4.69, 9.17) is 0 Å². The maximum absolute atomic E-state index is 13.4. The van der Waals surface area contributed by atoms with Gasteiger partial charge in [-0.05, 0) is 62.4 Å². The smallest absolute Gasteiger partial charge is 0.243 e. The Labute approximate surface area is 188 Å². The second-order valence-corrected chi connectivity index (χ2v) is 10.3. The topological polar surface area (TPSA) is 97.2 Å². The van der Waals surface area contributed by atoms with Crippen molar-refractivity contribution in [3.8, 4) is 0 Å². The third-order valence-corrected chi connectivity index (χ3v) is 7.85. The van der Waals surface area contributed by atoms with Crippen molar-refractivity contribution >= 4 is 27.0 Å². The SMILES string of the molecule is CCc1ccc(CNC(=O)C2CCCN2S(=O)(=O)c2ccc3c(c2)nnn3C(C)C)cc1. The van der Waals surface area contributed by atoms with Gasteiger partial charge in [-0.25, -0.2) is 13.1 Å². The third kappa shape index (κ3) is 4.27. The van der Waals surface area contributed by atoms with Gasteiger partial charge in [0.1, 0.15) is 11.6 Å². The molecule has 0 saturated carbocycles. The van der Waals surface area contributed by atoms with Crippen molar-refractivity contribution in [3.63, 3.8) is 0 Å². The number of carbonyl (C=O) groups is 1. The quantitative estimate of drug-likeness (QED) is 0.591. The van der Waals surface area contributed by atoms with E-state index in [1.165, 1.54) is 9.87 Å². The van der Waals surface area contributed by atoms with E-state index in [2.05, 4.69) is 22.6 Å². The number of sulfonamides is 1. The number of carbonyl (C=O) groups excluding carboxylic acids is 1. The molecule has 1 aromatic heterocycles. The normalized spacial score (nSPS) is 17.3. The maximum atomic E-state index is 13.4. The second kappa shape index (κ2) is 8.99. The highest BCUT2D eigenvalue weighted by molar-refractivity contribution is 7.89. The number of hydrogen-bond acceptors (Lipinski definition) is 5. The molecular formula is C23H29N5O3S. The van der Waals surface area contributed by atoms with Gasteiger partial charge in [-0.15, -0.1) is 5.10 Å². The number of nitrogens with zero attached hydrogens (tertiary/aromatic N) is 4. The molecule has 170 valence electrons. The zero-order valence-electron chi connectivity index (χ0n) is 18.7. The number of hydrogen-bond donors (Lipinski definition) is 1. The predicted octanol–water partition coefficient (Wildman–Crippen LogP) is 3.04. The highest BCUT2D eigenvalue weighted by Gasteiger charge is 2.39. The number of rotatable bonds is 7. The van der Waals surface area contributed by atoms with E-state index >= 15 is 0 Å². The summed E-state index contributed by atoms with van der Waals surface area (Å²) in [6.45, 7) is 6.77. The largest absolute Gasteiger partial charge is 0.351 e. The Kier molecular flexibility index (Phi) is 6.30. The molecule has 9 heteroatoms. The van der Waals surface area contributed by atoms with E-state index in [1.807, 2.05) is 38.1 Å². The predicted molar refractivity (Wildman–Crippen MR) is 122 cm³/mol. The summed E-state index contributed by atoms with van der Waals surface area (Å²) in [6, 6.07) is 12.3. The Morgan fingerprint density at radius 3 is 2.56 bits per heavy atom. The first-order valence-electron chi connectivity index (χ1n) is 11.0. The Morgan fingerprint density at radius 2 is 1.88 bits per heavy atom. The molecule has 1 N–H and O–H groups in total. The highest BCUT2D eigenvalue weighted by atomic mass is 32.2. The Balaban J connectivity index is 1.51. The van der Waals surface area contributed by atoms with Crippen LogP contribution in [0.25, 0.3) is 11.0 Å². The number of aryl methyl sites for hydroxylation is 1. The maximum Gasteiger partial charge on any atom is 0.243 e. The van der Waals surface area contributed by atoms with Crippen molar-refractivity contribution in [2.45, 2.75) is 63.6 Å². The first-order chi connectivity index (χ1) is 15.3. The van der Waals surface area contributed by atoms with Gasteiger partial charge in [0.05, 0.1) is 10.4 Å². The van der Waals surface area contributed by atoms with E-state index < -0.39 is 16.1 Å². The lowest BCUT2D eigenvalue weighted by Crippen LogP contribution is -2.45. The number of benzene rings is 2. The molecule has 1 amide bonds. The molecule has 0 radical (unpaired) electrons. The molecule has 8 nitrogen and oxygen atoms in total. The zero-order chi connectivity index (χ0) is 22.9. The molecule has 1 saturated heterocycles. The van der Waals surface area contributed by atoms with Crippen LogP contribution in [0.4, 0.5) is 0 Å². The van der Waals surface area contributed by atoms with Gasteiger partial charge < -0.3 is 5.32 Å². The van der Waals surface area contributed by atoms with Crippen LogP contribution >= 0.6 is 0 Å². The molecule has 0 spiro atoms. The van der Waals surface area contributed by atoms with Crippen molar-refractivity contribution in [2.75, 3.05) is 6.54 Å². The van der Waals surface area contributed by atoms with Crippen LogP contribution in [0.15, 0.2) is 47.4 Å². The van der Waals surface area contributed by atoms with Crippen LogP contribution in [0.5, 0.6) is 0 Å². The van der Waals surface area contributed by atoms with Gasteiger partial charge in [0.2, 0.25) is 15.9 Å². The lowest BCUT2D eigenvalue weighted by molar-refractivity contribution is -0.124. The van der Waals surface area contributed by atoms with E-state index in [9.17, 15) is 13.2 Å². The van der Waals surface area contributed by atoms with Crippen molar-refractivity contribution in [1.82, 2.24) is 24.6 Å². The van der Waals surface area contributed by atoms with E-state index in [0.29, 0.717) is 31.4 Å². The van der Waals surface area contributed by atoms with Gasteiger partial charge in [0.15, 0.2) is 0 Å². The first kappa shape index (κ1) is 22.4. The molecule has 0 aliphatic carbocycles. The van der Waals surface area contributed by atoms with Crippen LogP contribution in [0.2, 0.25) is 0 Å². The molecule has 2 aromatic carbocycles. The molecule has 2 heterocycles. The van der Waals surface area contributed by atoms with Gasteiger partial charge in [-0.2, -0.15) is 4.31 Å². The van der Waals surface area contributed by atoms with Crippen LogP contribution in [0, 0.1) is 0 Å².